The molecule has 0 bridgehead atoms. The maximum absolute atomic E-state index is 12.5. The third-order valence-electron chi connectivity index (χ3n) is 4.84. The molecule has 1 N–H and O–H groups in total. The van der Waals surface area contributed by atoms with Crippen LogP contribution >= 0.6 is 0 Å². The fraction of sp³-hybridized carbons (Fsp3) is 0.438. The molecule has 1 aromatic carbocycles. The molecule has 2 heterocycles. The largest absolute Gasteiger partial charge is 0.325 e. The molecule has 4 rings (SSSR count). The molecule has 5 nitrogen and oxygen atoms in total. The standard InChI is InChI=1S/C16H15N3O2/c17-8-11-7-16(9-19(11)14(20)10-5-6-10)12-3-1-2-4-13(12)18-15(16)21/h1-4,10-11H,5-7,9H2,(H,18,21)/t11-,16-/m0/s1. The summed E-state index contributed by atoms with van der Waals surface area (Å²) in [6.45, 7) is 0.323. The topological polar surface area (TPSA) is 73.2 Å². The molecule has 106 valence electrons. The van der Waals surface area contributed by atoms with Gasteiger partial charge in [0.05, 0.1) is 11.5 Å². The number of carbonyl (C=O) groups excluding carboxylic acids is 2. The Hall–Kier alpha value is -2.35. The molecular formula is C16H15N3O2. The number of para-hydroxylation sites is 1. The minimum atomic E-state index is -0.748. The Balaban J connectivity index is 1.75. The molecular weight excluding hydrogens is 266 g/mol. The van der Waals surface area contributed by atoms with Gasteiger partial charge < -0.3 is 10.2 Å². The molecule has 3 aliphatic rings. The van der Waals surface area contributed by atoms with Crippen LogP contribution in [0.1, 0.15) is 24.8 Å². The number of hydrogen-bond acceptors (Lipinski definition) is 3. The van der Waals surface area contributed by atoms with Gasteiger partial charge in [-0.3, -0.25) is 9.59 Å². The molecule has 0 aromatic heterocycles. The molecule has 2 atom stereocenters. The first-order valence-corrected chi connectivity index (χ1v) is 7.27. The van der Waals surface area contributed by atoms with E-state index in [1.165, 1.54) is 0 Å². The van der Waals surface area contributed by atoms with Crippen LogP contribution in [0.2, 0.25) is 0 Å². The zero-order chi connectivity index (χ0) is 14.6. The van der Waals surface area contributed by atoms with E-state index in [1.807, 2.05) is 24.3 Å². The summed E-state index contributed by atoms with van der Waals surface area (Å²) in [6.07, 6.45) is 2.21. The zero-order valence-corrected chi connectivity index (χ0v) is 11.5. The van der Waals surface area contributed by atoms with Gasteiger partial charge in [0.1, 0.15) is 6.04 Å². The third kappa shape index (κ3) is 1.62. The Kier molecular flexibility index (Phi) is 2.41. The van der Waals surface area contributed by atoms with Gasteiger partial charge in [-0.1, -0.05) is 18.2 Å². The molecule has 0 unspecified atom stereocenters. The van der Waals surface area contributed by atoms with E-state index in [1.54, 1.807) is 4.90 Å². The van der Waals surface area contributed by atoms with Crippen molar-refractivity contribution in [3.63, 3.8) is 0 Å². The fourth-order valence-electron chi connectivity index (χ4n) is 3.55. The SMILES string of the molecule is N#C[C@@H]1C[C@@]2(CN1C(=O)C1CC1)C(=O)Nc1ccccc12. The third-order valence-corrected chi connectivity index (χ3v) is 4.84. The van der Waals surface area contributed by atoms with Gasteiger partial charge in [-0.25, -0.2) is 0 Å². The van der Waals surface area contributed by atoms with E-state index >= 15 is 0 Å². The first kappa shape index (κ1) is 12.4. The van der Waals surface area contributed by atoms with Crippen LogP contribution in [-0.4, -0.2) is 29.3 Å². The molecule has 5 heteroatoms. The van der Waals surface area contributed by atoms with Gasteiger partial charge in [-0.2, -0.15) is 5.26 Å². The molecule has 21 heavy (non-hydrogen) atoms. The van der Waals surface area contributed by atoms with E-state index in [-0.39, 0.29) is 17.7 Å². The van der Waals surface area contributed by atoms with Gasteiger partial charge in [-0.05, 0) is 24.5 Å². The normalized spacial score (nSPS) is 30.1. The van der Waals surface area contributed by atoms with Gasteiger partial charge in [0, 0.05) is 24.6 Å². The Morgan fingerprint density at radius 3 is 2.86 bits per heavy atom. The molecule has 1 aromatic rings. The summed E-state index contributed by atoms with van der Waals surface area (Å²) in [4.78, 5) is 26.5. The van der Waals surface area contributed by atoms with Crippen LogP contribution in [0.15, 0.2) is 24.3 Å². The lowest BCUT2D eigenvalue weighted by atomic mass is 9.80. The second-order valence-electron chi connectivity index (χ2n) is 6.17. The van der Waals surface area contributed by atoms with Crippen molar-refractivity contribution in [1.29, 1.82) is 5.26 Å². The quantitative estimate of drug-likeness (QED) is 0.846. The summed E-state index contributed by atoms with van der Waals surface area (Å²) >= 11 is 0. The summed E-state index contributed by atoms with van der Waals surface area (Å²) in [5, 5.41) is 12.3. The van der Waals surface area contributed by atoms with E-state index in [0.717, 1.165) is 24.1 Å². The van der Waals surface area contributed by atoms with E-state index in [4.69, 9.17) is 0 Å². The fourth-order valence-corrected chi connectivity index (χ4v) is 3.55. The number of rotatable bonds is 1. The number of benzene rings is 1. The summed E-state index contributed by atoms with van der Waals surface area (Å²) < 4.78 is 0. The van der Waals surface area contributed by atoms with Crippen molar-refractivity contribution in [3.05, 3.63) is 29.8 Å². The maximum atomic E-state index is 12.5. The van der Waals surface area contributed by atoms with Gasteiger partial charge >= 0.3 is 0 Å². The van der Waals surface area contributed by atoms with Gasteiger partial charge in [0.25, 0.3) is 0 Å². The maximum Gasteiger partial charge on any atom is 0.237 e. The number of likely N-dealkylation sites (tertiary alicyclic amines) is 1. The van der Waals surface area contributed by atoms with Crippen LogP contribution in [0, 0.1) is 17.2 Å². The molecule has 2 fully saturated rings. The lowest BCUT2D eigenvalue weighted by Gasteiger charge is -2.22. The van der Waals surface area contributed by atoms with Gasteiger partial charge in [0.2, 0.25) is 11.8 Å². The van der Waals surface area contributed by atoms with Crippen LogP contribution in [0.5, 0.6) is 0 Å². The number of nitrogens with zero attached hydrogens (tertiary/aromatic N) is 2. The highest BCUT2D eigenvalue weighted by atomic mass is 16.2. The number of anilines is 1. The average Bonchev–Trinajstić information content (AvgIpc) is 3.22. The number of carbonyl (C=O) groups is 2. The van der Waals surface area contributed by atoms with E-state index < -0.39 is 11.5 Å². The summed E-state index contributed by atoms with van der Waals surface area (Å²) in [5.41, 5.74) is 0.975. The number of nitrogens with one attached hydrogen (secondary N) is 1. The van der Waals surface area contributed by atoms with Crippen molar-refractivity contribution < 1.29 is 9.59 Å². The highest BCUT2D eigenvalue weighted by Crippen LogP contribution is 2.47. The van der Waals surface area contributed by atoms with Crippen molar-refractivity contribution in [2.24, 2.45) is 5.92 Å². The smallest absolute Gasteiger partial charge is 0.237 e. The molecule has 1 saturated heterocycles. The van der Waals surface area contributed by atoms with Crippen LogP contribution < -0.4 is 5.32 Å². The highest BCUT2D eigenvalue weighted by molar-refractivity contribution is 6.07. The Morgan fingerprint density at radius 1 is 1.38 bits per heavy atom. The second kappa shape index (κ2) is 4.08. The first-order chi connectivity index (χ1) is 10.2. The van der Waals surface area contributed by atoms with Gasteiger partial charge in [-0.15, -0.1) is 0 Å². The molecule has 1 saturated carbocycles. The van der Waals surface area contributed by atoms with Crippen molar-refractivity contribution in [1.82, 2.24) is 4.90 Å². The van der Waals surface area contributed by atoms with Crippen molar-refractivity contribution in [2.45, 2.75) is 30.7 Å². The first-order valence-electron chi connectivity index (χ1n) is 7.27. The predicted octanol–water partition coefficient (Wildman–Crippen LogP) is 1.41. The van der Waals surface area contributed by atoms with Crippen LogP contribution in [0.4, 0.5) is 5.69 Å². The number of amides is 2. The number of hydrogen-bond donors (Lipinski definition) is 1. The van der Waals surface area contributed by atoms with Crippen molar-refractivity contribution in [3.8, 4) is 6.07 Å². The van der Waals surface area contributed by atoms with Crippen LogP contribution in [-0.2, 0) is 15.0 Å². The van der Waals surface area contributed by atoms with E-state index in [0.29, 0.717) is 13.0 Å². The minimum Gasteiger partial charge on any atom is -0.325 e. The minimum absolute atomic E-state index is 0.0376. The summed E-state index contributed by atoms with van der Waals surface area (Å²) in [5.74, 6) is 0.0151. The molecule has 1 spiro atoms. The molecule has 1 aliphatic carbocycles. The Morgan fingerprint density at radius 2 is 2.14 bits per heavy atom. The average molecular weight is 281 g/mol. The lowest BCUT2D eigenvalue weighted by Crippen LogP contribution is -2.40. The van der Waals surface area contributed by atoms with E-state index in [9.17, 15) is 14.9 Å². The van der Waals surface area contributed by atoms with Crippen molar-refractivity contribution in [2.75, 3.05) is 11.9 Å². The van der Waals surface area contributed by atoms with Crippen molar-refractivity contribution >= 4 is 17.5 Å². The second-order valence-corrected chi connectivity index (χ2v) is 6.17. The van der Waals surface area contributed by atoms with Crippen LogP contribution in [0.3, 0.4) is 0 Å². The zero-order valence-electron chi connectivity index (χ0n) is 11.5. The monoisotopic (exact) mass is 281 g/mol. The predicted molar refractivity (Wildman–Crippen MR) is 75.2 cm³/mol. The molecule has 2 aliphatic heterocycles. The van der Waals surface area contributed by atoms with Gasteiger partial charge in [0.15, 0.2) is 0 Å². The summed E-state index contributed by atoms with van der Waals surface area (Å²) in [7, 11) is 0. The Labute approximate surface area is 122 Å². The summed E-state index contributed by atoms with van der Waals surface area (Å²) in [6, 6.07) is 9.27. The molecule has 2 amide bonds. The number of fused-ring (bicyclic) bond motifs is 2. The van der Waals surface area contributed by atoms with E-state index in [2.05, 4.69) is 11.4 Å². The van der Waals surface area contributed by atoms with Crippen LogP contribution in [0.25, 0.3) is 0 Å². The highest BCUT2D eigenvalue weighted by Gasteiger charge is 2.56. The number of nitriles is 1. The Bertz CT molecular complexity index is 689. The molecule has 0 radical (unpaired) electrons. The lowest BCUT2D eigenvalue weighted by molar-refractivity contribution is -0.132.